The number of rotatable bonds is 5. The third-order valence-electron chi connectivity index (χ3n) is 3.67. The molecule has 1 aliphatic rings. The predicted molar refractivity (Wildman–Crippen MR) is 76.8 cm³/mol. The molecule has 0 spiro atoms. The van der Waals surface area contributed by atoms with E-state index in [1.54, 1.807) is 11.1 Å². The maximum atomic E-state index is 3.46. The van der Waals surface area contributed by atoms with Crippen molar-refractivity contribution in [2.75, 3.05) is 19.1 Å². The molecule has 0 saturated heterocycles. The van der Waals surface area contributed by atoms with Crippen molar-refractivity contribution < 1.29 is 0 Å². The fraction of sp³-hybridized carbons (Fsp3) is 0.714. The average molecular weight is 252 g/mol. The van der Waals surface area contributed by atoms with Crippen LogP contribution < -0.4 is 5.32 Å². The molecule has 1 aromatic rings. The highest BCUT2D eigenvalue weighted by Gasteiger charge is 2.18. The van der Waals surface area contributed by atoms with Crippen molar-refractivity contribution in [3.8, 4) is 0 Å². The van der Waals surface area contributed by atoms with Crippen LogP contribution in [0.15, 0.2) is 12.4 Å². The molecule has 1 N–H and O–H groups in total. The average Bonchev–Trinajstić information content (AvgIpc) is 2.64. The summed E-state index contributed by atoms with van der Waals surface area (Å²) < 4.78 is 2.40. The molecule has 0 fully saturated rings. The van der Waals surface area contributed by atoms with Gasteiger partial charge < -0.3 is 9.88 Å². The van der Waals surface area contributed by atoms with Crippen LogP contribution in [-0.4, -0.2) is 23.6 Å². The number of aryl methyl sites for hydroxylation is 2. The van der Waals surface area contributed by atoms with E-state index in [0.717, 1.165) is 0 Å². The number of hydrogen-bond acceptors (Lipinski definition) is 2. The molecule has 17 heavy (non-hydrogen) atoms. The molecule has 96 valence electrons. The van der Waals surface area contributed by atoms with Crippen LogP contribution in [0.4, 0.5) is 0 Å². The van der Waals surface area contributed by atoms with Gasteiger partial charge in [0, 0.05) is 25.0 Å². The fourth-order valence-corrected chi connectivity index (χ4v) is 3.15. The standard InChI is InChI=1S/C14H24N2S/c1-15-14-7-4-3-6-12-10-16(11-13(12)14)8-5-9-17-2/h10-11,14-15H,3-9H2,1-2H3. The van der Waals surface area contributed by atoms with E-state index in [1.165, 1.54) is 44.4 Å². The Labute approximate surface area is 109 Å². The van der Waals surface area contributed by atoms with Crippen molar-refractivity contribution in [3.63, 3.8) is 0 Å². The van der Waals surface area contributed by atoms with Crippen molar-refractivity contribution >= 4 is 11.8 Å². The molecule has 1 unspecified atom stereocenters. The van der Waals surface area contributed by atoms with Gasteiger partial charge in [0.2, 0.25) is 0 Å². The Morgan fingerprint density at radius 3 is 3.06 bits per heavy atom. The van der Waals surface area contributed by atoms with Gasteiger partial charge in [0.25, 0.3) is 0 Å². The molecule has 0 aliphatic heterocycles. The van der Waals surface area contributed by atoms with E-state index >= 15 is 0 Å². The van der Waals surface area contributed by atoms with Gasteiger partial charge in [-0.3, -0.25) is 0 Å². The van der Waals surface area contributed by atoms with Gasteiger partial charge in [0.15, 0.2) is 0 Å². The first kappa shape index (κ1) is 13.0. The third kappa shape index (κ3) is 3.29. The lowest BCUT2D eigenvalue weighted by atomic mass is 10.1. The zero-order chi connectivity index (χ0) is 12.1. The van der Waals surface area contributed by atoms with Gasteiger partial charge in [-0.1, -0.05) is 6.42 Å². The molecule has 0 bridgehead atoms. The number of nitrogens with zero attached hydrogens (tertiary/aromatic N) is 1. The number of thioether (sulfide) groups is 1. The lowest BCUT2D eigenvalue weighted by Crippen LogP contribution is -2.15. The second-order valence-corrected chi connectivity index (χ2v) is 5.90. The fourth-order valence-electron chi connectivity index (χ4n) is 2.74. The minimum Gasteiger partial charge on any atom is -0.354 e. The molecular weight excluding hydrogens is 228 g/mol. The van der Waals surface area contributed by atoms with E-state index < -0.39 is 0 Å². The molecule has 0 amide bonds. The van der Waals surface area contributed by atoms with Crippen LogP contribution >= 0.6 is 11.8 Å². The van der Waals surface area contributed by atoms with Crippen molar-refractivity contribution in [2.45, 2.75) is 44.7 Å². The smallest absolute Gasteiger partial charge is 0.0335 e. The summed E-state index contributed by atoms with van der Waals surface area (Å²) in [5.74, 6) is 1.26. The number of hydrogen-bond donors (Lipinski definition) is 1. The van der Waals surface area contributed by atoms with Crippen molar-refractivity contribution in [3.05, 3.63) is 23.5 Å². The third-order valence-corrected chi connectivity index (χ3v) is 4.37. The second kappa shape index (κ2) is 6.50. The van der Waals surface area contributed by atoms with E-state index in [4.69, 9.17) is 0 Å². The summed E-state index contributed by atoms with van der Waals surface area (Å²) in [6.07, 6.45) is 13.5. The Morgan fingerprint density at radius 1 is 1.41 bits per heavy atom. The van der Waals surface area contributed by atoms with Crippen molar-refractivity contribution in [1.29, 1.82) is 0 Å². The summed E-state index contributed by atoms with van der Waals surface area (Å²) in [6.45, 7) is 1.17. The molecule has 2 nitrogen and oxygen atoms in total. The maximum absolute atomic E-state index is 3.46. The number of fused-ring (bicyclic) bond motifs is 1. The van der Waals surface area contributed by atoms with Crippen LogP contribution in [0.5, 0.6) is 0 Å². The molecular formula is C14H24N2S. The Morgan fingerprint density at radius 2 is 2.29 bits per heavy atom. The van der Waals surface area contributed by atoms with E-state index in [1.807, 2.05) is 11.8 Å². The highest BCUT2D eigenvalue weighted by Crippen LogP contribution is 2.29. The van der Waals surface area contributed by atoms with Gasteiger partial charge in [-0.25, -0.2) is 0 Å². The quantitative estimate of drug-likeness (QED) is 0.640. The summed E-state index contributed by atoms with van der Waals surface area (Å²) >= 11 is 1.94. The van der Waals surface area contributed by atoms with Gasteiger partial charge in [0.1, 0.15) is 0 Å². The largest absolute Gasteiger partial charge is 0.354 e. The number of aromatic nitrogens is 1. The van der Waals surface area contributed by atoms with Crippen molar-refractivity contribution in [2.24, 2.45) is 0 Å². The molecule has 0 saturated carbocycles. The Balaban J connectivity index is 2.07. The molecule has 0 radical (unpaired) electrons. The summed E-state index contributed by atoms with van der Waals surface area (Å²) in [6, 6.07) is 0.578. The zero-order valence-electron chi connectivity index (χ0n) is 11.0. The SMILES string of the molecule is CNC1CCCCc2cn(CCCSC)cc21. The summed E-state index contributed by atoms with van der Waals surface area (Å²) in [4.78, 5) is 0. The van der Waals surface area contributed by atoms with E-state index in [2.05, 4.69) is 35.6 Å². The highest BCUT2D eigenvalue weighted by atomic mass is 32.2. The van der Waals surface area contributed by atoms with Gasteiger partial charge in [-0.15, -0.1) is 0 Å². The van der Waals surface area contributed by atoms with Gasteiger partial charge in [-0.05, 0) is 55.9 Å². The zero-order valence-corrected chi connectivity index (χ0v) is 11.9. The van der Waals surface area contributed by atoms with Gasteiger partial charge >= 0.3 is 0 Å². The Hall–Kier alpha value is -0.410. The lowest BCUT2D eigenvalue weighted by molar-refractivity contribution is 0.529. The lowest BCUT2D eigenvalue weighted by Gasteiger charge is -2.13. The molecule has 1 aromatic heterocycles. The van der Waals surface area contributed by atoms with Gasteiger partial charge in [-0.2, -0.15) is 11.8 Å². The topological polar surface area (TPSA) is 17.0 Å². The first-order chi connectivity index (χ1) is 8.35. The molecule has 2 rings (SSSR count). The van der Waals surface area contributed by atoms with Crippen LogP contribution in [0, 0.1) is 0 Å². The minimum atomic E-state index is 0.578. The summed E-state index contributed by atoms with van der Waals surface area (Å²) in [5, 5.41) is 3.46. The second-order valence-electron chi connectivity index (χ2n) is 4.91. The van der Waals surface area contributed by atoms with Gasteiger partial charge in [0.05, 0.1) is 0 Å². The normalized spacial score (nSPS) is 20.0. The Kier molecular flexibility index (Phi) is 4.99. The molecule has 3 heteroatoms. The minimum absolute atomic E-state index is 0.578. The van der Waals surface area contributed by atoms with E-state index in [-0.39, 0.29) is 0 Å². The van der Waals surface area contributed by atoms with Crippen LogP contribution in [0.25, 0.3) is 0 Å². The highest BCUT2D eigenvalue weighted by molar-refractivity contribution is 7.98. The Bertz CT molecular complexity index is 346. The monoisotopic (exact) mass is 252 g/mol. The molecule has 0 aromatic carbocycles. The predicted octanol–water partition coefficient (Wildman–Crippen LogP) is 3.23. The van der Waals surface area contributed by atoms with Crippen LogP contribution in [0.2, 0.25) is 0 Å². The van der Waals surface area contributed by atoms with Crippen molar-refractivity contribution in [1.82, 2.24) is 9.88 Å². The first-order valence-electron chi connectivity index (χ1n) is 6.70. The summed E-state index contributed by atoms with van der Waals surface area (Å²) in [7, 11) is 2.09. The molecule has 1 atom stereocenters. The molecule has 1 aliphatic carbocycles. The first-order valence-corrected chi connectivity index (χ1v) is 8.09. The van der Waals surface area contributed by atoms with E-state index in [0.29, 0.717) is 6.04 Å². The summed E-state index contributed by atoms with van der Waals surface area (Å²) in [5.41, 5.74) is 3.13. The molecule has 1 heterocycles. The maximum Gasteiger partial charge on any atom is 0.0335 e. The van der Waals surface area contributed by atoms with Crippen LogP contribution in [0.1, 0.15) is 42.9 Å². The van der Waals surface area contributed by atoms with E-state index in [9.17, 15) is 0 Å². The van der Waals surface area contributed by atoms with Crippen LogP contribution in [0.3, 0.4) is 0 Å². The number of nitrogens with one attached hydrogen (secondary N) is 1. The van der Waals surface area contributed by atoms with Crippen LogP contribution in [-0.2, 0) is 13.0 Å².